The third-order valence-electron chi connectivity index (χ3n) is 3.77. The number of aliphatic imine (C=N–C) groups is 1. The van der Waals surface area contributed by atoms with Crippen molar-refractivity contribution in [3.8, 4) is 0 Å². The first-order valence-corrected chi connectivity index (χ1v) is 8.47. The molecule has 8 heteroatoms. The molecule has 0 atom stereocenters. The first-order chi connectivity index (χ1) is 12.7. The van der Waals surface area contributed by atoms with E-state index in [9.17, 15) is 14.4 Å². The second-order valence-electron chi connectivity index (χ2n) is 7.10. The molecule has 2 aromatic rings. The minimum Gasteiger partial charge on any atom is -0.442 e. The van der Waals surface area contributed by atoms with Crippen molar-refractivity contribution in [2.45, 2.75) is 32.9 Å². The van der Waals surface area contributed by atoms with Gasteiger partial charge in [-0.3, -0.25) is 19.2 Å². The normalized spacial score (nSPS) is 14.5. The number of fused-ring (bicyclic) bond motifs is 1. The fourth-order valence-electron chi connectivity index (χ4n) is 2.68. The topological polar surface area (TPSA) is 93.9 Å². The van der Waals surface area contributed by atoms with Gasteiger partial charge in [0, 0.05) is 12.4 Å². The molecule has 0 saturated carbocycles. The van der Waals surface area contributed by atoms with Gasteiger partial charge in [-0.05, 0) is 39.0 Å². The molecular formula is C19H20N4O4. The van der Waals surface area contributed by atoms with Crippen molar-refractivity contribution in [2.24, 2.45) is 4.99 Å². The Morgan fingerprint density at radius 2 is 1.70 bits per heavy atom. The number of ether oxygens (including phenoxy) is 1. The molecule has 1 aromatic heterocycles. The highest BCUT2D eigenvalue weighted by molar-refractivity contribution is 6.22. The number of imide groups is 1. The molecule has 0 radical (unpaired) electrons. The molecule has 0 N–H and O–H groups in total. The molecule has 0 unspecified atom stereocenters. The predicted octanol–water partition coefficient (Wildman–Crippen LogP) is 2.56. The predicted molar refractivity (Wildman–Crippen MR) is 97.7 cm³/mol. The number of aromatic nitrogens is 2. The first kappa shape index (κ1) is 18.5. The molecule has 3 amide bonds. The van der Waals surface area contributed by atoms with Gasteiger partial charge in [-0.1, -0.05) is 12.1 Å². The van der Waals surface area contributed by atoms with Crippen LogP contribution in [0.3, 0.4) is 0 Å². The van der Waals surface area contributed by atoms with E-state index in [1.54, 1.807) is 68.2 Å². The molecule has 27 heavy (non-hydrogen) atoms. The first-order valence-electron chi connectivity index (χ1n) is 8.47. The molecule has 1 aliphatic rings. The van der Waals surface area contributed by atoms with Crippen molar-refractivity contribution in [3.63, 3.8) is 0 Å². The van der Waals surface area contributed by atoms with Crippen molar-refractivity contribution in [3.05, 3.63) is 53.9 Å². The second-order valence-corrected chi connectivity index (χ2v) is 7.10. The summed E-state index contributed by atoms with van der Waals surface area (Å²) in [6, 6.07) is 8.34. The second kappa shape index (κ2) is 7.14. The van der Waals surface area contributed by atoms with E-state index < -0.39 is 23.5 Å². The molecule has 0 spiro atoms. The highest BCUT2D eigenvalue weighted by atomic mass is 16.6. The number of amides is 3. The van der Waals surface area contributed by atoms with Crippen LogP contribution >= 0.6 is 0 Å². The van der Waals surface area contributed by atoms with Gasteiger partial charge in [-0.15, -0.1) is 0 Å². The SMILES string of the molecule is CC(C)(C)OC(=O)/N=C(\CN1C(=O)c2ccccc2C1=O)Cn1cccn1. The molecule has 140 valence electrons. The molecule has 0 saturated heterocycles. The number of nitrogens with zero attached hydrogens (tertiary/aromatic N) is 4. The lowest BCUT2D eigenvalue weighted by Crippen LogP contribution is -2.37. The zero-order chi connectivity index (χ0) is 19.6. The molecule has 3 rings (SSSR count). The molecule has 8 nitrogen and oxygen atoms in total. The fraction of sp³-hybridized carbons (Fsp3) is 0.316. The molecule has 0 aliphatic carbocycles. The van der Waals surface area contributed by atoms with Crippen molar-refractivity contribution in [1.29, 1.82) is 0 Å². The van der Waals surface area contributed by atoms with Crippen LogP contribution in [-0.2, 0) is 11.3 Å². The van der Waals surface area contributed by atoms with Crippen molar-refractivity contribution in [2.75, 3.05) is 6.54 Å². The highest BCUT2D eigenvalue weighted by Crippen LogP contribution is 2.22. The molecule has 1 aliphatic heterocycles. The maximum atomic E-state index is 12.6. The van der Waals surface area contributed by atoms with Crippen molar-refractivity contribution >= 4 is 23.6 Å². The summed E-state index contributed by atoms with van der Waals surface area (Å²) >= 11 is 0. The van der Waals surface area contributed by atoms with Gasteiger partial charge < -0.3 is 4.74 Å². The van der Waals surface area contributed by atoms with Gasteiger partial charge in [-0.2, -0.15) is 10.1 Å². The van der Waals surface area contributed by atoms with Crippen LogP contribution < -0.4 is 0 Å². The van der Waals surface area contributed by atoms with Crippen LogP contribution in [0.5, 0.6) is 0 Å². The Hall–Kier alpha value is -3.29. The highest BCUT2D eigenvalue weighted by Gasteiger charge is 2.36. The summed E-state index contributed by atoms with van der Waals surface area (Å²) in [5.74, 6) is -0.819. The molecule has 0 bridgehead atoms. The van der Waals surface area contributed by atoms with Crippen LogP contribution in [0.1, 0.15) is 41.5 Å². The smallest absolute Gasteiger partial charge is 0.434 e. The Morgan fingerprint density at radius 1 is 1.07 bits per heavy atom. The van der Waals surface area contributed by atoms with Crippen LogP contribution in [0.2, 0.25) is 0 Å². The average molecular weight is 368 g/mol. The number of hydrogen-bond donors (Lipinski definition) is 0. The average Bonchev–Trinajstić information content (AvgIpc) is 3.16. The summed E-state index contributed by atoms with van der Waals surface area (Å²) in [4.78, 5) is 42.3. The zero-order valence-electron chi connectivity index (χ0n) is 15.4. The van der Waals surface area contributed by atoms with E-state index in [1.807, 2.05) is 0 Å². The monoisotopic (exact) mass is 368 g/mol. The van der Waals surface area contributed by atoms with Crippen LogP contribution in [0, 0.1) is 0 Å². The van der Waals surface area contributed by atoms with Gasteiger partial charge in [0.1, 0.15) is 5.60 Å². The third kappa shape index (κ3) is 4.28. The Kier molecular flexibility index (Phi) is 4.89. The Morgan fingerprint density at radius 3 is 2.22 bits per heavy atom. The lowest BCUT2D eigenvalue weighted by Gasteiger charge is -2.19. The van der Waals surface area contributed by atoms with Gasteiger partial charge in [0.25, 0.3) is 11.8 Å². The van der Waals surface area contributed by atoms with Crippen molar-refractivity contribution in [1.82, 2.24) is 14.7 Å². The summed E-state index contributed by atoms with van der Waals surface area (Å²) in [6.07, 6.45) is 2.52. The number of carbonyl (C=O) groups is 3. The van der Waals surface area contributed by atoms with Gasteiger partial charge in [0.15, 0.2) is 0 Å². The summed E-state index contributed by atoms with van der Waals surface area (Å²) in [6.45, 7) is 5.23. The lowest BCUT2D eigenvalue weighted by atomic mass is 10.1. The van der Waals surface area contributed by atoms with Crippen LogP contribution in [-0.4, -0.2) is 50.4 Å². The molecule has 2 heterocycles. The molecule has 1 aromatic carbocycles. The van der Waals surface area contributed by atoms with Crippen molar-refractivity contribution < 1.29 is 19.1 Å². The van der Waals surface area contributed by atoms with Crippen LogP contribution in [0.15, 0.2) is 47.7 Å². The van der Waals surface area contributed by atoms with E-state index in [-0.39, 0.29) is 13.1 Å². The third-order valence-corrected chi connectivity index (χ3v) is 3.77. The minimum absolute atomic E-state index is 0.120. The number of hydrogen-bond acceptors (Lipinski definition) is 5. The maximum Gasteiger partial charge on any atom is 0.434 e. The van der Waals surface area contributed by atoms with E-state index in [1.165, 1.54) is 0 Å². The summed E-state index contributed by atoms with van der Waals surface area (Å²) in [7, 11) is 0. The minimum atomic E-state index is -0.777. The number of benzene rings is 1. The van der Waals surface area contributed by atoms with Crippen LogP contribution in [0.25, 0.3) is 0 Å². The maximum absolute atomic E-state index is 12.6. The van der Waals surface area contributed by atoms with E-state index in [2.05, 4.69) is 10.1 Å². The summed E-state index contributed by atoms with van der Waals surface area (Å²) in [5.41, 5.74) is 0.284. The standard InChI is InChI=1S/C19H20N4O4/c1-19(2,3)27-18(26)21-13(11-22-10-6-9-20-22)12-23-16(24)14-7-4-5-8-15(14)17(23)25/h4-10H,11-12H2,1-3H3/b21-13-. The Balaban J connectivity index is 1.85. The van der Waals surface area contributed by atoms with Gasteiger partial charge in [-0.25, -0.2) is 4.79 Å². The quantitative estimate of drug-likeness (QED) is 0.611. The van der Waals surface area contributed by atoms with Gasteiger partial charge >= 0.3 is 6.09 Å². The largest absolute Gasteiger partial charge is 0.442 e. The van der Waals surface area contributed by atoms with Gasteiger partial charge in [0.2, 0.25) is 0 Å². The summed E-state index contributed by atoms with van der Waals surface area (Å²) in [5, 5.41) is 4.09. The van der Waals surface area contributed by atoms with E-state index >= 15 is 0 Å². The number of carbonyl (C=O) groups excluding carboxylic acids is 3. The molecule has 0 fully saturated rings. The van der Waals surface area contributed by atoms with Gasteiger partial charge in [0.05, 0.1) is 29.9 Å². The van der Waals surface area contributed by atoms with Crippen LogP contribution in [0.4, 0.5) is 4.79 Å². The molecular weight excluding hydrogens is 348 g/mol. The van der Waals surface area contributed by atoms with E-state index in [0.29, 0.717) is 16.8 Å². The number of rotatable bonds is 4. The lowest BCUT2D eigenvalue weighted by molar-refractivity contribution is 0.0594. The zero-order valence-corrected chi connectivity index (χ0v) is 15.4. The Labute approximate surface area is 156 Å². The summed E-state index contributed by atoms with van der Waals surface area (Å²) < 4.78 is 6.78. The Bertz CT molecular complexity index is 875. The van der Waals surface area contributed by atoms with E-state index in [0.717, 1.165) is 4.90 Å². The fourth-order valence-corrected chi connectivity index (χ4v) is 2.68. The van der Waals surface area contributed by atoms with E-state index in [4.69, 9.17) is 4.74 Å².